The van der Waals surface area contributed by atoms with Crippen LogP contribution in [0.5, 0.6) is 0 Å². The number of hydrogen-bond acceptors (Lipinski definition) is 3. The molecule has 1 unspecified atom stereocenters. The summed E-state index contributed by atoms with van der Waals surface area (Å²) in [6.07, 6.45) is 5.26. The van der Waals surface area contributed by atoms with Crippen molar-refractivity contribution in [3.63, 3.8) is 0 Å². The first-order valence-corrected chi connectivity index (χ1v) is 9.50. The van der Waals surface area contributed by atoms with Gasteiger partial charge in [-0.2, -0.15) is 0 Å². The second-order valence-corrected chi connectivity index (χ2v) is 7.79. The Kier molecular flexibility index (Phi) is 4.67. The summed E-state index contributed by atoms with van der Waals surface area (Å²) < 4.78 is 14.5. The van der Waals surface area contributed by atoms with Gasteiger partial charge in [-0.05, 0) is 65.0 Å². The van der Waals surface area contributed by atoms with E-state index in [4.69, 9.17) is 16.6 Å². The minimum atomic E-state index is -0.272. The largest absolute Gasteiger partial charge is 0.339 e. The molecule has 0 saturated heterocycles. The number of halogens is 3. The van der Waals surface area contributed by atoms with Crippen molar-refractivity contribution in [2.24, 2.45) is 15.9 Å². The Hall–Kier alpha value is -1.98. The molecule has 0 radical (unpaired) electrons. The quantitative estimate of drug-likeness (QED) is 0.570. The molecule has 1 N–H and O–H groups in total. The highest BCUT2D eigenvalue weighted by atomic mass is 79.9. The molecular formula is C20H16BrClFN3. The van der Waals surface area contributed by atoms with Crippen LogP contribution in [0, 0.1) is 18.7 Å². The van der Waals surface area contributed by atoms with Gasteiger partial charge in [0.1, 0.15) is 11.7 Å². The third-order valence-corrected chi connectivity index (χ3v) is 5.51. The van der Waals surface area contributed by atoms with Crippen LogP contribution in [0.3, 0.4) is 0 Å². The summed E-state index contributed by atoms with van der Waals surface area (Å²) in [6, 6.07) is 8.75. The van der Waals surface area contributed by atoms with Gasteiger partial charge in [-0.3, -0.25) is 4.99 Å². The SMILES string of the molecule is Cc1cccc(Cl)c1NC1=Nc2c(Br)cc(F)cc2CC2C=NC=C1C2. The van der Waals surface area contributed by atoms with Crippen molar-refractivity contribution in [1.29, 1.82) is 0 Å². The van der Waals surface area contributed by atoms with Crippen LogP contribution in [-0.2, 0) is 6.42 Å². The van der Waals surface area contributed by atoms with Gasteiger partial charge in [-0.25, -0.2) is 9.38 Å². The van der Waals surface area contributed by atoms with E-state index in [0.29, 0.717) is 21.8 Å². The van der Waals surface area contributed by atoms with Crippen LogP contribution in [0.1, 0.15) is 17.5 Å². The summed E-state index contributed by atoms with van der Waals surface area (Å²) >= 11 is 9.84. The van der Waals surface area contributed by atoms with Crippen molar-refractivity contribution in [3.8, 4) is 0 Å². The van der Waals surface area contributed by atoms with Gasteiger partial charge in [0.25, 0.3) is 0 Å². The lowest BCUT2D eigenvalue weighted by Crippen LogP contribution is -2.23. The third-order valence-electron chi connectivity index (χ3n) is 4.59. The smallest absolute Gasteiger partial charge is 0.135 e. The molecule has 2 bridgehead atoms. The van der Waals surface area contributed by atoms with Crippen molar-refractivity contribution in [2.45, 2.75) is 19.8 Å². The van der Waals surface area contributed by atoms with E-state index in [1.807, 2.05) is 37.5 Å². The lowest BCUT2D eigenvalue weighted by Gasteiger charge is -2.25. The average Bonchev–Trinajstić information content (AvgIpc) is 2.58. The topological polar surface area (TPSA) is 36.8 Å². The Bertz CT molecular complexity index is 961. The molecule has 26 heavy (non-hydrogen) atoms. The molecule has 2 aliphatic rings. The van der Waals surface area contributed by atoms with Gasteiger partial charge in [-0.1, -0.05) is 23.7 Å². The highest BCUT2D eigenvalue weighted by molar-refractivity contribution is 9.10. The van der Waals surface area contributed by atoms with Crippen LogP contribution in [0.15, 0.2) is 56.6 Å². The molecule has 2 heterocycles. The van der Waals surface area contributed by atoms with Gasteiger partial charge in [0.15, 0.2) is 0 Å². The van der Waals surface area contributed by atoms with Crippen LogP contribution < -0.4 is 5.32 Å². The first-order chi connectivity index (χ1) is 12.5. The van der Waals surface area contributed by atoms with Gasteiger partial charge in [-0.15, -0.1) is 0 Å². The highest BCUT2D eigenvalue weighted by Crippen LogP contribution is 2.37. The number of para-hydroxylation sites is 1. The summed E-state index contributed by atoms with van der Waals surface area (Å²) in [5, 5.41) is 4.01. The Labute approximate surface area is 164 Å². The molecule has 0 aliphatic carbocycles. The number of nitrogens with zero attached hydrogens (tertiary/aromatic N) is 2. The van der Waals surface area contributed by atoms with E-state index in [-0.39, 0.29) is 11.7 Å². The van der Waals surface area contributed by atoms with Crippen LogP contribution in [-0.4, -0.2) is 12.1 Å². The molecule has 3 nitrogen and oxygen atoms in total. The van der Waals surface area contributed by atoms with Crippen LogP contribution in [0.25, 0.3) is 0 Å². The number of fused-ring (bicyclic) bond motifs is 3. The first-order valence-electron chi connectivity index (χ1n) is 8.32. The number of rotatable bonds is 1. The Morgan fingerprint density at radius 3 is 2.92 bits per heavy atom. The van der Waals surface area contributed by atoms with Crippen LogP contribution >= 0.6 is 27.5 Å². The molecule has 132 valence electrons. The fraction of sp³-hybridized carbons (Fsp3) is 0.200. The van der Waals surface area contributed by atoms with Crippen molar-refractivity contribution in [1.82, 2.24) is 0 Å². The zero-order valence-corrected chi connectivity index (χ0v) is 16.4. The van der Waals surface area contributed by atoms with Gasteiger partial charge in [0, 0.05) is 28.4 Å². The zero-order chi connectivity index (χ0) is 18.3. The molecule has 2 aromatic carbocycles. The molecule has 0 amide bonds. The number of amidine groups is 1. The van der Waals surface area contributed by atoms with E-state index in [9.17, 15) is 4.39 Å². The zero-order valence-electron chi connectivity index (χ0n) is 14.1. The minimum absolute atomic E-state index is 0.210. The van der Waals surface area contributed by atoms with E-state index >= 15 is 0 Å². The standard InChI is InChI=1S/C20H16BrClFN3/c1-11-3-2-4-17(22)18(11)25-20-14-6-12(9-24-10-14)5-13-7-15(23)8-16(21)19(13)26-20/h2-4,7-10,12H,5-6H2,1H3,(H,25,26). The van der Waals surface area contributed by atoms with Crippen molar-refractivity contribution in [2.75, 3.05) is 5.32 Å². The summed E-state index contributed by atoms with van der Waals surface area (Å²) in [6.45, 7) is 1.99. The number of hydrogen-bond donors (Lipinski definition) is 1. The molecule has 6 heteroatoms. The van der Waals surface area contributed by atoms with E-state index in [2.05, 4.69) is 26.2 Å². The molecule has 2 aliphatic heterocycles. The molecule has 0 spiro atoms. The lowest BCUT2D eigenvalue weighted by atomic mass is 9.89. The predicted octanol–water partition coefficient (Wildman–Crippen LogP) is 6.22. The summed E-state index contributed by atoms with van der Waals surface area (Å²) in [5.41, 5.74) is 4.46. The number of anilines is 1. The molecular weight excluding hydrogens is 417 g/mol. The molecule has 2 aromatic rings. The van der Waals surface area contributed by atoms with Crippen molar-refractivity contribution >= 4 is 51.0 Å². The maximum absolute atomic E-state index is 13.9. The molecule has 0 fully saturated rings. The summed E-state index contributed by atoms with van der Waals surface area (Å²) in [7, 11) is 0. The van der Waals surface area contributed by atoms with Crippen molar-refractivity contribution < 1.29 is 4.39 Å². The van der Waals surface area contributed by atoms with E-state index in [1.165, 1.54) is 6.07 Å². The van der Waals surface area contributed by atoms with Gasteiger partial charge in [0.2, 0.25) is 0 Å². The van der Waals surface area contributed by atoms with E-state index < -0.39 is 0 Å². The molecule has 0 saturated carbocycles. The Balaban J connectivity index is 1.87. The monoisotopic (exact) mass is 431 g/mol. The molecule has 4 rings (SSSR count). The first kappa shape index (κ1) is 17.4. The highest BCUT2D eigenvalue weighted by Gasteiger charge is 2.24. The number of aryl methyl sites for hydroxylation is 1. The normalized spacial score (nSPS) is 18.4. The molecule has 0 aromatic heterocycles. The number of nitrogens with one attached hydrogen (secondary N) is 1. The van der Waals surface area contributed by atoms with Gasteiger partial charge >= 0.3 is 0 Å². The second-order valence-electron chi connectivity index (χ2n) is 6.53. The Morgan fingerprint density at radius 2 is 2.12 bits per heavy atom. The van der Waals surface area contributed by atoms with Crippen LogP contribution in [0.2, 0.25) is 5.02 Å². The van der Waals surface area contributed by atoms with E-state index in [1.54, 1.807) is 6.07 Å². The fourth-order valence-corrected chi connectivity index (χ4v) is 4.14. The summed E-state index contributed by atoms with van der Waals surface area (Å²) in [5.74, 6) is 0.629. The van der Waals surface area contributed by atoms with Crippen molar-refractivity contribution in [3.05, 3.63) is 68.5 Å². The van der Waals surface area contributed by atoms with Gasteiger partial charge in [0.05, 0.1) is 16.4 Å². The third kappa shape index (κ3) is 3.33. The number of aliphatic imine (C=N–C) groups is 2. The maximum Gasteiger partial charge on any atom is 0.135 e. The summed E-state index contributed by atoms with van der Waals surface area (Å²) in [4.78, 5) is 9.20. The predicted molar refractivity (Wildman–Crippen MR) is 109 cm³/mol. The average molecular weight is 433 g/mol. The van der Waals surface area contributed by atoms with Crippen LogP contribution in [0.4, 0.5) is 15.8 Å². The Morgan fingerprint density at radius 1 is 1.27 bits per heavy atom. The fourth-order valence-electron chi connectivity index (χ4n) is 3.31. The lowest BCUT2D eigenvalue weighted by molar-refractivity contribution is 0.619. The number of benzene rings is 2. The minimum Gasteiger partial charge on any atom is -0.339 e. The van der Waals surface area contributed by atoms with Gasteiger partial charge < -0.3 is 5.32 Å². The maximum atomic E-state index is 13.9. The second kappa shape index (κ2) is 6.97. The van der Waals surface area contributed by atoms with E-state index in [0.717, 1.165) is 34.5 Å². The molecule has 1 atom stereocenters.